The lowest BCUT2D eigenvalue weighted by atomic mass is 9.91. The van der Waals surface area contributed by atoms with Gasteiger partial charge in [0.15, 0.2) is 5.13 Å². The molecule has 0 radical (unpaired) electrons. The summed E-state index contributed by atoms with van der Waals surface area (Å²) in [6.45, 7) is 5.32. The van der Waals surface area contributed by atoms with Crippen molar-refractivity contribution >= 4 is 22.4 Å². The van der Waals surface area contributed by atoms with Crippen LogP contribution < -0.4 is 5.32 Å². The molecule has 19 heavy (non-hydrogen) atoms. The minimum atomic E-state index is -0.738. The van der Waals surface area contributed by atoms with E-state index in [4.69, 9.17) is 0 Å². The molecule has 1 aromatic heterocycles. The van der Waals surface area contributed by atoms with Crippen LogP contribution >= 0.6 is 11.3 Å². The lowest BCUT2D eigenvalue weighted by molar-refractivity contribution is -0.139. The second kappa shape index (κ2) is 6.37. The molecule has 1 atom stereocenters. The van der Waals surface area contributed by atoms with Gasteiger partial charge in [-0.15, -0.1) is 11.3 Å². The monoisotopic (exact) mass is 282 g/mol. The zero-order chi connectivity index (χ0) is 13.8. The molecule has 0 amide bonds. The Labute approximate surface area is 118 Å². The summed E-state index contributed by atoms with van der Waals surface area (Å²) in [5.74, 6) is -0.474. The Hall–Kier alpha value is -1.10. The van der Waals surface area contributed by atoms with E-state index >= 15 is 0 Å². The first-order valence-corrected chi connectivity index (χ1v) is 7.93. The van der Waals surface area contributed by atoms with E-state index in [2.05, 4.69) is 24.1 Å². The van der Waals surface area contributed by atoms with Crippen molar-refractivity contribution in [2.75, 3.05) is 11.9 Å². The molecule has 0 saturated carbocycles. The number of aliphatic carboxylic acids is 1. The maximum absolute atomic E-state index is 11.2. The number of carboxylic acids is 1. The van der Waals surface area contributed by atoms with Crippen molar-refractivity contribution < 1.29 is 9.90 Å². The number of carboxylic acid groups (broad SMARTS) is 1. The molecule has 0 spiro atoms. The highest BCUT2D eigenvalue weighted by Crippen LogP contribution is 2.36. The van der Waals surface area contributed by atoms with Crippen molar-refractivity contribution in [3.63, 3.8) is 0 Å². The predicted octanol–water partition coefficient (Wildman–Crippen LogP) is 3.50. The number of thiazole rings is 1. The maximum atomic E-state index is 11.2. The molecule has 106 valence electrons. The highest BCUT2D eigenvalue weighted by Gasteiger charge is 2.29. The molecule has 5 heteroatoms. The second-order valence-corrected chi connectivity index (χ2v) is 6.26. The number of carbonyl (C=O) groups is 1. The molecule has 1 unspecified atom stereocenters. The molecule has 0 aliphatic heterocycles. The van der Waals surface area contributed by atoms with E-state index in [0.717, 1.165) is 54.4 Å². The number of anilines is 1. The molecule has 2 N–H and O–H groups in total. The Balaban J connectivity index is 2.06. The van der Waals surface area contributed by atoms with Crippen LogP contribution in [0.4, 0.5) is 5.13 Å². The van der Waals surface area contributed by atoms with E-state index in [9.17, 15) is 9.90 Å². The van der Waals surface area contributed by atoms with Gasteiger partial charge in [-0.2, -0.15) is 0 Å². The molecule has 1 aromatic rings. The summed E-state index contributed by atoms with van der Waals surface area (Å²) in [5, 5.41) is 13.5. The first-order chi connectivity index (χ1) is 9.15. The van der Waals surface area contributed by atoms with Gasteiger partial charge in [-0.3, -0.25) is 4.79 Å². The molecule has 0 aromatic carbocycles. The summed E-state index contributed by atoms with van der Waals surface area (Å²) in [4.78, 5) is 16.9. The van der Waals surface area contributed by atoms with Crippen LogP contribution in [0.2, 0.25) is 0 Å². The highest BCUT2D eigenvalue weighted by molar-refractivity contribution is 7.15. The summed E-state index contributed by atoms with van der Waals surface area (Å²) < 4.78 is 0. The van der Waals surface area contributed by atoms with Crippen molar-refractivity contribution in [1.29, 1.82) is 0 Å². The zero-order valence-corrected chi connectivity index (χ0v) is 12.4. The van der Waals surface area contributed by atoms with E-state index in [0.29, 0.717) is 5.92 Å². The van der Waals surface area contributed by atoms with E-state index in [1.807, 2.05) is 0 Å². The van der Waals surface area contributed by atoms with E-state index in [1.54, 1.807) is 11.3 Å². The fourth-order valence-electron chi connectivity index (χ4n) is 2.54. The van der Waals surface area contributed by atoms with Crippen LogP contribution in [0.25, 0.3) is 0 Å². The van der Waals surface area contributed by atoms with Crippen LogP contribution in [0.3, 0.4) is 0 Å². The predicted molar refractivity (Wildman–Crippen MR) is 78.0 cm³/mol. The molecular formula is C14H22N2O2S. The standard InChI is InChI=1S/C14H22N2O2S/c1-3-9(4-2)8-15-14-16-12-10(13(17)18)6-5-7-11(12)19-14/h9-10H,3-8H2,1-2H3,(H,15,16)(H,17,18). The average Bonchev–Trinajstić information content (AvgIpc) is 2.82. The van der Waals surface area contributed by atoms with Crippen LogP contribution in [0.1, 0.15) is 56.0 Å². The van der Waals surface area contributed by atoms with Gasteiger partial charge in [0, 0.05) is 11.4 Å². The van der Waals surface area contributed by atoms with Crippen molar-refractivity contribution in [2.45, 2.75) is 51.9 Å². The topological polar surface area (TPSA) is 62.2 Å². The average molecular weight is 282 g/mol. The number of rotatable bonds is 6. The zero-order valence-electron chi connectivity index (χ0n) is 11.6. The SMILES string of the molecule is CCC(CC)CNc1nc2c(s1)CCCC2C(=O)O. The highest BCUT2D eigenvalue weighted by atomic mass is 32.1. The minimum Gasteiger partial charge on any atom is -0.481 e. The van der Waals surface area contributed by atoms with Gasteiger partial charge in [0.1, 0.15) is 5.92 Å². The van der Waals surface area contributed by atoms with Crippen molar-refractivity contribution in [3.05, 3.63) is 10.6 Å². The van der Waals surface area contributed by atoms with Gasteiger partial charge in [0.05, 0.1) is 5.69 Å². The Morgan fingerprint density at radius 1 is 1.53 bits per heavy atom. The Morgan fingerprint density at radius 2 is 2.26 bits per heavy atom. The van der Waals surface area contributed by atoms with Gasteiger partial charge in [-0.1, -0.05) is 26.7 Å². The van der Waals surface area contributed by atoms with E-state index in [1.165, 1.54) is 0 Å². The lowest BCUT2D eigenvalue weighted by Crippen LogP contribution is -2.17. The fourth-order valence-corrected chi connectivity index (χ4v) is 3.62. The first kappa shape index (κ1) is 14.3. The first-order valence-electron chi connectivity index (χ1n) is 7.11. The van der Waals surface area contributed by atoms with Gasteiger partial charge >= 0.3 is 5.97 Å². The quantitative estimate of drug-likeness (QED) is 0.838. The molecule has 1 aliphatic rings. The molecule has 0 bridgehead atoms. The molecule has 1 heterocycles. The number of hydrogen-bond acceptors (Lipinski definition) is 4. The third-order valence-corrected chi connectivity index (χ3v) is 5.04. The van der Waals surface area contributed by atoms with Crippen LogP contribution in [0.15, 0.2) is 0 Å². The third kappa shape index (κ3) is 3.26. The van der Waals surface area contributed by atoms with Crippen LogP contribution in [0, 0.1) is 5.92 Å². The smallest absolute Gasteiger partial charge is 0.312 e. The molecule has 1 aliphatic carbocycles. The summed E-state index contributed by atoms with van der Waals surface area (Å²) in [7, 11) is 0. The Bertz CT molecular complexity index is 441. The van der Waals surface area contributed by atoms with Crippen molar-refractivity contribution in [2.24, 2.45) is 5.92 Å². The number of nitrogens with zero attached hydrogens (tertiary/aromatic N) is 1. The Morgan fingerprint density at radius 3 is 2.89 bits per heavy atom. The van der Waals surface area contributed by atoms with Crippen LogP contribution in [-0.2, 0) is 11.2 Å². The van der Waals surface area contributed by atoms with Gasteiger partial charge in [0.25, 0.3) is 0 Å². The van der Waals surface area contributed by atoms with Crippen molar-refractivity contribution in [1.82, 2.24) is 4.98 Å². The van der Waals surface area contributed by atoms with Gasteiger partial charge < -0.3 is 10.4 Å². The molecule has 4 nitrogen and oxygen atoms in total. The van der Waals surface area contributed by atoms with E-state index in [-0.39, 0.29) is 0 Å². The number of hydrogen-bond donors (Lipinski definition) is 2. The van der Waals surface area contributed by atoms with Crippen molar-refractivity contribution in [3.8, 4) is 0 Å². The summed E-state index contributed by atoms with van der Waals surface area (Å²) in [6.07, 6.45) is 4.97. The summed E-state index contributed by atoms with van der Waals surface area (Å²) in [5.41, 5.74) is 0.802. The second-order valence-electron chi connectivity index (χ2n) is 5.17. The van der Waals surface area contributed by atoms with E-state index < -0.39 is 11.9 Å². The van der Waals surface area contributed by atoms with Gasteiger partial charge in [-0.05, 0) is 25.2 Å². The maximum Gasteiger partial charge on any atom is 0.312 e. The Kier molecular flexibility index (Phi) is 4.80. The minimum absolute atomic E-state index is 0.399. The van der Waals surface area contributed by atoms with Gasteiger partial charge in [-0.25, -0.2) is 4.98 Å². The molecular weight excluding hydrogens is 260 g/mol. The largest absolute Gasteiger partial charge is 0.481 e. The summed E-state index contributed by atoms with van der Waals surface area (Å²) in [6, 6.07) is 0. The number of aryl methyl sites for hydroxylation is 1. The van der Waals surface area contributed by atoms with Crippen LogP contribution in [-0.4, -0.2) is 22.6 Å². The summed E-state index contributed by atoms with van der Waals surface area (Å²) >= 11 is 1.63. The molecule has 0 fully saturated rings. The fraction of sp³-hybridized carbons (Fsp3) is 0.714. The molecule has 0 saturated heterocycles. The third-order valence-electron chi connectivity index (χ3n) is 3.95. The van der Waals surface area contributed by atoms with Crippen LogP contribution in [0.5, 0.6) is 0 Å². The van der Waals surface area contributed by atoms with Gasteiger partial charge in [0.2, 0.25) is 0 Å². The number of nitrogens with one attached hydrogen (secondary N) is 1. The number of fused-ring (bicyclic) bond motifs is 1. The normalized spacial score (nSPS) is 18.4. The molecule has 2 rings (SSSR count). The number of aromatic nitrogens is 1. The lowest BCUT2D eigenvalue weighted by Gasteiger charge is -2.16.